The van der Waals surface area contributed by atoms with Gasteiger partial charge in [-0.1, -0.05) is 48.5 Å². The molecular weight excluding hydrogens is 408 g/mol. The predicted octanol–water partition coefficient (Wildman–Crippen LogP) is 6.61. The van der Waals surface area contributed by atoms with Crippen LogP contribution in [-0.4, -0.2) is 23.3 Å². The molecule has 0 bridgehead atoms. The van der Waals surface area contributed by atoms with Crippen LogP contribution in [0.15, 0.2) is 0 Å². The van der Waals surface area contributed by atoms with Crippen molar-refractivity contribution in [3.05, 3.63) is 0 Å². The van der Waals surface area contributed by atoms with E-state index in [0.29, 0.717) is 22.7 Å². The van der Waals surface area contributed by atoms with E-state index in [1.165, 1.54) is 25.7 Å². The van der Waals surface area contributed by atoms with Gasteiger partial charge in [-0.15, -0.1) is 0 Å². The maximum atomic E-state index is 13.6. The van der Waals surface area contributed by atoms with Crippen molar-refractivity contribution >= 4 is 11.6 Å². The van der Waals surface area contributed by atoms with E-state index in [1.807, 2.05) is 0 Å². The predicted molar refractivity (Wildman–Crippen MR) is 132 cm³/mol. The van der Waals surface area contributed by atoms with E-state index in [-0.39, 0.29) is 58.1 Å². The fourth-order valence-electron chi connectivity index (χ4n) is 11.1. The molecule has 5 rings (SSSR count). The van der Waals surface area contributed by atoms with E-state index in [4.69, 9.17) is 0 Å². The third kappa shape index (κ3) is 2.84. The van der Waals surface area contributed by atoms with Gasteiger partial charge in [0.2, 0.25) is 0 Å². The molecule has 0 saturated heterocycles. The van der Waals surface area contributed by atoms with E-state index < -0.39 is 0 Å². The number of fused-ring (bicyclic) bond motifs is 7. The highest BCUT2D eigenvalue weighted by molar-refractivity contribution is 6.04. The van der Waals surface area contributed by atoms with Gasteiger partial charge in [0.25, 0.3) is 0 Å². The van der Waals surface area contributed by atoms with Gasteiger partial charge >= 0.3 is 0 Å². The summed E-state index contributed by atoms with van der Waals surface area (Å²) in [5, 5.41) is 11.3. The first-order valence-corrected chi connectivity index (χ1v) is 13.9. The number of rotatable bonds is 1. The quantitative estimate of drug-likeness (QED) is 0.452. The second kappa shape index (κ2) is 6.95. The van der Waals surface area contributed by atoms with Crippen molar-refractivity contribution in [2.24, 2.45) is 56.2 Å². The Morgan fingerprint density at radius 1 is 0.788 bits per heavy atom. The van der Waals surface area contributed by atoms with Crippen LogP contribution in [0, 0.1) is 56.2 Å². The van der Waals surface area contributed by atoms with Gasteiger partial charge in [-0.3, -0.25) is 9.59 Å². The van der Waals surface area contributed by atoms with Gasteiger partial charge in [0, 0.05) is 23.9 Å². The molecule has 3 heteroatoms. The number of ketones is 2. The fraction of sp³-hybridized carbons (Fsp3) is 0.933. The summed E-state index contributed by atoms with van der Waals surface area (Å²) in [5.74, 6) is 1.27. The van der Waals surface area contributed by atoms with Gasteiger partial charge in [0.15, 0.2) is 0 Å². The number of carbonyl (C=O) groups is 2. The second-order valence-electron chi connectivity index (χ2n) is 15.2. The van der Waals surface area contributed by atoms with Crippen molar-refractivity contribution in [3.8, 4) is 0 Å². The van der Waals surface area contributed by atoms with Crippen LogP contribution in [0.1, 0.15) is 113 Å². The molecule has 5 saturated carbocycles. The van der Waals surface area contributed by atoms with Crippen molar-refractivity contribution < 1.29 is 14.7 Å². The molecule has 0 heterocycles. The zero-order valence-corrected chi connectivity index (χ0v) is 22.4. The maximum absolute atomic E-state index is 13.6. The molecule has 3 nitrogen and oxygen atoms in total. The van der Waals surface area contributed by atoms with Crippen molar-refractivity contribution in [2.75, 3.05) is 6.61 Å². The lowest BCUT2D eigenvalue weighted by molar-refractivity contribution is -0.268. The summed E-state index contributed by atoms with van der Waals surface area (Å²) in [6.45, 7) is 16.9. The SMILES string of the molecule is CC1C(=O)CC(=O)C2C1(C)CCC1C2(C)CCC2(C)C3CC(C)(C)CCC3(C)CCC12CO. The lowest BCUT2D eigenvalue weighted by atomic mass is 9.30. The Bertz CT molecular complexity index is 876. The monoisotopic (exact) mass is 456 g/mol. The summed E-state index contributed by atoms with van der Waals surface area (Å²) in [6, 6.07) is 0. The molecule has 5 fully saturated rings. The van der Waals surface area contributed by atoms with Crippen LogP contribution in [0.5, 0.6) is 0 Å². The molecular formula is C30H48O3. The summed E-state index contributed by atoms with van der Waals surface area (Å²) in [6.07, 6.45) is 10.5. The van der Waals surface area contributed by atoms with E-state index in [9.17, 15) is 14.7 Å². The highest BCUT2D eigenvalue weighted by Gasteiger charge is 2.73. The Kier molecular flexibility index (Phi) is 5.06. The van der Waals surface area contributed by atoms with E-state index in [1.54, 1.807) is 0 Å². The van der Waals surface area contributed by atoms with Crippen molar-refractivity contribution in [3.63, 3.8) is 0 Å². The van der Waals surface area contributed by atoms with Crippen LogP contribution in [0.4, 0.5) is 0 Å². The molecule has 186 valence electrons. The summed E-state index contributed by atoms with van der Waals surface area (Å²) >= 11 is 0. The van der Waals surface area contributed by atoms with E-state index in [0.717, 1.165) is 32.1 Å². The van der Waals surface area contributed by atoms with Gasteiger partial charge in [-0.25, -0.2) is 0 Å². The van der Waals surface area contributed by atoms with E-state index in [2.05, 4.69) is 48.5 Å². The minimum atomic E-state index is -0.224. The lowest BCUT2D eigenvalue weighted by Gasteiger charge is -2.74. The van der Waals surface area contributed by atoms with Crippen molar-refractivity contribution in [1.29, 1.82) is 0 Å². The molecule has 1 N–H and O–H groups in total. The van der Waals surface area contributed by atoms with Crippen LogP contribution in [0.2, 0.25) is 0 Å². The molecule has 0 aromatic heterocycles. The molecule has 5 aliphatic carbocycles. The standard InChI is InChI=1S/C30H48O3/c1-19-20(32)16-21(33)24-27(19,5)9-8-22-28(24,6)13-14-29(7)23-17-25(2,3)10-11-26(23,4)12-15-30(22,29)18-31/h19,22-24,31H,8-18H2,1-7H3. The van der Waals surface area contributed by atoms with Gasteiger partial charge in [-0.05, 0) is 96.7 Å². The first-order valence-electron chi connectivity index (χ1n) is 13.9. The zero-order valence-electron chi connectivity index (χ0n) is 22.4. The number of hydrogen-bond acceptors (Lipinski definition) is 3. The van der Waals surface area contributed by atoms with Crippen molar-refractivity contribution in [2.45, 2.75) is 113 Å². The van der Waals surface area contributed by atoms with Crippen LogP contribution in [0.25, 0.3) is 0 Å². The van der Waals surface area contributed by atoms with Gasteiger partial charge in [0.05, 0.1) is 6.42 Å². The van der Waals surface area contributed by atoms with Gasteiger partial charge in [-0.2, -0.15) is 0 Å². The summed E-state index contributed by atoms with van der Waals surface area (Å²) < 4.78 is 0. The summed E-state index contributed by atoms with van der Waals surface area (Å²) in [7, 11) is 0. The molecule has 0 aromatic rings. The molecule has 0 amide bonds. The molecule has 9 unspecified atom stereocenters. The molecule has 33 heavy (non-hydrogen) atoms. The van der Waals surface area contributed by atoms with Crippen LogP contribution < -0.4 is 0 Å². The summed E-state index contributed by atoms with van der Waals surface area (Å²) in [4.78, 5) is 26.3. The number of hydrogen-bond donors (Lipinski definition) is 1. The zero-order chi connectivity index (χ0) is 24.2. The molecule has 9 atom stereocenters. The smallest absolute Gasteiger partial charge is 0.144 e. The topological polar surface area (TPSA) is 54.4 Å². The number of Topliss-reactive ketones (excluding diaryl/α,β-unsaturated/α-hetero) is 2. The Morgan fingerprint density at radius 3 is 2.12 bits per heavy atom. The van der Waals surface area contributed by atoms with Crippen LogP contribution in [-0.2, 0) is 9.59 Å². The van der Waals surface area contributed by atoms with Crippen molar-refractivity contribution in [1.82, 2.24) is 0 Å². The molecule has 5 aliphatic rings. The highest BCUT2D eigenvalue weighted by Crippen LogP contribution is 2.78. The van der Waals surface area contributed by atoms with Crippen LogP contribution >= 0.6 is 0 Å². The molecule has 0 radical (unpaired) electrons. The lowest BCUT2D eigenvalue weighted by Crippen LogP contribution is -2.70. The minimum absolute atomic E-state index is 0.0369. The normalized spacial score (nSPS) is 55.8. The minimum Gasteiger partial charge on any atom is -0.396 e. The van der Waals surface area contributed by atoms with Gasteiger partial charge < -0.3 is 5.11 Å². The third-order valence-corrected chi connectivity index (χ3v) is 13.4. The molecule has 0 spiro atoms. The first kappa shape index (κ1) is 24.0. The maximum Gasteiger partial charge on any atom is 0.144 e. The van der Waals surface area contributed by atoms with Crippen LogP contribution in [0.3, 0.4) is 0 Å². The number of carbonyl (C=O) groups excluding carboxylic acids is 2. The highest BCUT2D eigenvalue weighted by atomic mass is 16.3. The Morgan fingerprint density at radius 2 is 1.45 bits per heavy atom. The number of aliphatic hydroxyl groups is 1. The summed E-state index contributed by atoms with van der Waals surface area (Å²) in [5.41, 5.74) is 0.416. The molecule has 0 aliphatic heterocycles. The Hall–Kier alpha value is -0.700. The first-order chi connectivity index (χ1) is 15.2. The molecule has 0 aromatic carbocycles. The average molecular weight is 457 g/mol. The van der Waals surface area contributed by atoms with E-state index >= 15 is 0 Å². The second-order valence-corrected chi connectivity index (χ2v) is 15.2. The Balaban J connectivity index is 1.61. The van der Waals surface area contributed by atoms with Gasteiger partial charge in [0.1, 0.15) is 11.6 Å². The third-order valence-electron chi connectivity index (χ3n) is 13.4. The fourth-order valence-corrected chi connectivity index (χ4v) is 11.1. The largest absolute Gasteiger partial charge is 0.396 e. The Labute approximate surface area is 201 Å². The number of aliphatic hydroxyl groups excluding tert-OH is 1. The average Bonchev–Trinajstić information content (AvgIpc) is 2.73.